The van der Waals surface area contributed by atoms with Crippen molar-refractivity contribution in [2.45, 2.75) is 39.3 Å². The third kappa shape index (κ3) is 2.14. The summed E-state index contributed by atoms with van der Waals surface area (Å²) in [6.07, 6.45) is 0.691. The van der Waals surface area contributed by atoms with Gasteiger partial charge < -0.3 is 10.0 Å². The van der Waals surface area contributed by atoms with Crippen molar-refractivity contribution >= 4 is 16.7 Å². The number of hydrogen-bond acceptors (Lipinski definition) is 3. The van der Waals surface area contributed by atoms with E-state index >= 15 is 0 Å². The first-order valence-corrected chi connectivity index (χ1v) is 9.64. The third-order valence-corrected chi connectivity index (χ3v) is 5.97. The molecule has 2 unspecified atom stereocenters. The Labute approximate surface area is 162 Å². The summed E-state index contributed by atoms with van der Waals surface area (Å²) < 4.78 is 3.08. The lowest BCUT2D eigenvalue weighted by Gasteiger charge is -2.32. The summed E-state index contributed by atoms with van der Waals surface area (Å²) in [5, 5.41) is 13.0. The normalized spacial score (nSPS) is 20.8. The van der Waals surface area contributed by atoms with Crippen LogP contribution in [0.5, 0.6) is 5.88 Å². The van der Waals surface area contributed by atoms with E-state index in [-0.39, 0.29) is 29.6 Å². The molecule has 2 aliphatic heterocycles. The average molecular weight is 377 g/mol. The molecule has 144 valence electrons. The Morgan fingerprint density at radius 3 is 2.57 bits per heavy atom. The molecule has 6 nitrogen and oxygen atoms in total. The van der Waals surface area contributed by atoms with Crippen LogP contribution in [0.25, 0.3) is 16.5 Å². The van der Waals surface area contributed by atoms with Crippen LogP contribution in [0.4, 0.5) is 0 Å². The van der Waals surface area contributed by atoms with Crippen LogP contribution >= 0.6 is 0 Å². The van der Waals surface area contributed by atoms with E-state index in [1.165, 1.54) is 4.57 Å². The van der Waals surface area contributed by atoms with Crippen LogP contribution in [0.15, 0.2) is 47.3 Å². The van der Waals surface area contributed by atoms with Gasteiger partial charge in [-0.3, -0.25) is 9.36 Å². The number of carbonyl (C=O) groups excluding carboxylic acids is 1. The van der Waals surface area contributed by atoms with Gasteiger partial charge in [0, 0.05) is 17.3 Å². The van der Waals surface area contributed by atoms with E-state index in [0.29, 0.717) is 24.3 Å². The predicted molar refractivity (Wildman–Crippen MR) is 107 cm³/mol. The monoisotopic (exact) mass is 377 g/mol. The lowest BCUT2D eigenvalue weighted by atomic mass is 9.94. The summed E-state index contributed by atoms with van der Waals surface area (Å²) in [5.41, 5.74) is 0.491. The molecule has 1 aromatic heterocycles. The highest BCUT2D eigenvalue weighted by Crippen LogP contribution is 2.49. The van der Waals surface area contributed by atoms with Crippen LogP contribution in [0.1, 0.15) is 45.0 Å². The van der Waals surface area contributed by atoms with E-state index in [4.69, 9.17) is 0 Å². The molecule has 3 aromatic rings. The number of benzene rings is 2. The van der Waals surface area contributed by atoms with Gasteiger partial charge in [0.15, 0.2) is 0 Å². The van der Waals surface area contributed by atoms with Crippen molar-refractivity contribution < 1.29 is 9.90 Å². The maximum Gasteiger partial charge on any atom is 0.336 e. The number of aromatic hydroxyl groups is 1. The fourth-order valence-corrected chi connectivity index (χ4v) is 4.72. The number of hydrogen-bond donors (Lipinski definition) is 1. The van der Waals surface area contributed by atoms with E-state index in [2.05, 4.69) is 0 Å². The maximum absolute atomic E-state index is 13.3. The van der Waals surface area contributed by atoms with Gasteiger partial charge >= 0.3 is 5.69 Å². The highest BCUT2D eigenvalue weighted by atomic mass is 16.3. The largest absolute Gasteiger partial charge is 0.493 e. The minimum absolute atomic E-state index is 0.0519. The van der Waals surface area contributed by atoms with Gasteiger partial charge in [-0.15, -0.1) is 0 Å². The topological polar surface area (TPSA) is 67.5 Å². The van der Waals surface area contributed by atoms with Crippen LogP contribution in [-0.2, 0) is 4.79 Å². The van der Waals surface area contributed by atoms with E-state index in [9.17, 15) is 14.7 Å². The van der Waals surface area contributed by atoms with Crippen LogP contribution < -0.4 is 5.69 Å². The van der Waals surface area contributed by atoms with E-state index in [0.717, 1.165) is 10.8 Å². The second-order valence-electron chi connectivity index (χ2n) is 8.81. The highest BCUT2D eigenvalue weighted by molar-refractivity contribution is 5.90. The number of likely N-dealkylation sites (tertiary alicyclic amines) is 1. The number of imidazole rings is 1. The lowest BCUT2D eigenvalue weighted by molar-refractivity contribution is -0.141. The van der Waals surface area contributed by atoms with E-state index < -0.39 is 5.41 Å². The number of aromatic nitrogens is 2. The first-order chi connectivity index (χ1) is 13.3. The number of rotatable bonds is 1. The zero-order valence-corrected chi connectivity index (χ0v) is 16.2. The summed E-state index contributed by atoms with van der Waals surface area (Å²) in [6.45, 7) is 6.22. The molecule has 2 atom stereocenters. The maximum atomic E-state index is 13.3. The number of amides is 1. The van der Waals surface area contributed by atoms with Crippen LogP contribution in [-0.4, -0.2) is 31.6 Å². The molecule has 2 bridgehead atoms. The smallest absolute Gasteiger partial charge is 0.336 e. The Balaban J connectivity index is 1.69. The van der Waals surface area contributed by atoms with Crippen molar-refractivity contribution in [1.82, 2.24) is 14.0 Å². The Morgan fingerprint density at radius 2 is 1.82 bits per heavy atom. The van der Waals surface area contributed by atoms with E-state index in [1.54, 1.807) is 4.57 Å². The average Bonchev–Trinajstić information content (AvgIpc) is 3.31. The van der Waals surface area contributed by atoms with Gasteiger partial charge in [0.25, 0.3) is 0 Å². The summed E-state index contributed by atoms with van der Waals surface area (Å²) in [4.78, 5) is 27.9. The van der Waals surface area contributed by atoms with Gasteiger partial charge in [0.05, 0.1) is 17.8 Å². The molecule has 1 N–H and O–H groups in total. The first-order valence-electron chi connectivity index (χ1n) is 9.64. The SMILES string of the molecule is CC(C)(C)C(=O)N1CC2CC1c1c(O)n(-c3cccc4ccccc34)c(=O)n12. The minimum atomic E-state index is -0.497. The molecule has 1 amide bonds. The third-order valence-electron chi connectivity index (χ3n) is 5.97. The van der Waals surface area contributed by atoms with Crippen LogP contribution in [0, 0.1) is 5.41 Å². The second-order valence-corrected chi connectivity index (χ2v) is 8.81. The minimum Gasteiger partial charge on any atom is -0.493 e. The molecule has 0 spiro atoms. The Morgan fingerprint density at radius 1 is 1.11 bits per heavy atom. The summed E-state index contributed by atoms with van der Waals surface area (Å²) >= 11 is 0. The molecule has 28 heavy (non-hydrogen) atoms. The lowest BCUT2D eigenvalue weighted by Crippen LogP contribution is -2.43. The molecule has 1 fully saturated rings. The molecular formula is C22H23N3O3. The number of carbonyl (C=O) groups is 1. The van der Waals surface area contributed by atoms with Crippen molar-refractivity contribution in [3.05, 3.63) is 58.6 Å². The summed E-state index contributed by atoms with van der Waals surface area (Å²) in [7, 11) is 0. The summed E-state index contributed by atoms with van der Waals surface area (Å²) in [5.74, 6) is -0.00345. The van der Waals surface area contributed by atoms with Crippen molar-refractivity contribution in [2.75, 3.05) is 6.54 Å². The Kier molecular flexibility index (Phi) is 3.36. The van der Waals surface area contributed by atoms with Gasteiger partial charge in [0.1, 0.15) is 5.69 Å². The highest BCUT2D eigenvalue weighted by Gasteiger charge is 2.50. The first kappa shape index (κ1) is 17.1. The van der Waals surface area contributed by atoms with Gasteiger partial charge in [-0.2, -0.15) is 0 Å². The van der Waals surface area contributed by atoms with E-state index in [1.807, 2.05) is 68.1 Å². The van der Waals surface area contributed by atoms with Crippen molar-refractivity contribution in [2.24, 2.45) is 5.41 Å². The molecule has 2 aliphatic rings. The van der Waals surface area contributed by atoms with Crippen molar-refractivity contribution in [3.63, 3.8) is 0 Å². The zero-order valence-electron chi connectivity index (χ0n) is 16.2. The molecule has 6 heteroatoms. The Hall–Kier alpha value is -3.02. The number of nitrogens with zero attached hydrogens (tertiary/aromatic N) is 3. The molecule has 3 heterocycles. The fraction of sp³-hybridized carbons (Fsp3) is 0.364. The van der Waals surface area contributed by atoms with Crippen molar-refractivity contribution in [3.8, 4) is 11.6 Å². The molecule has 1 saturated heterocycles. The molecule has 0 radical (unpaired) electrons. The second kappa shape index (κ2) is 5.50. The van der Waals surface area contributed by atoms with Crippen LogP contribution in [0.2, 0.25) is 0 Å². The molecule has 5 rings (SSSR count). The van der Waals surface area contributed by atoms with Gasteiger partial charge in [0.2, 0.25) is 11.8 Å². The van der Waals surface area contributed by atoms with Gasteiger partial charge in [-0.1, -0.05) is 57.2 Å². The number of fused-ring (bicyclic) bond motifs is 6. The standard InChI is InChI=1S/C22H23N3O3/c1-22(2,3)20(27)23-12-14-11-17(23)18-19(26)25(21(28)24(14)18)16-10-6-8-13-7-4-5-9-15(13)16/h4-10,14,17,26H,11-12H2,1-3H3. The quantitative estimate of drug-likeness (QED) is 0.707. The predicted octanol–water partition coefficient (Wildman–Crippen LogP) is 3.37. The molecule has 2 aromatic carbocycles. The van der Waals surface area contributed by atoms with Gasteiger partial charge in [-0.05, 0) is 17.9 Å². The summed E-state index contributed by atoms with van der Waals surface area (Å²) in [6, 6.07) is 13.2. The van der Waals surface area contributed by atoms with Gasteiger partial charge in [-0.25, -0.2) is 9.36 Å². The molecule has 0 saturated carbocycles. The zero-order chi connectivity index (χ0) is 19.8. The Bertz CT molecular complexity index is 1180. The van der Waals surface area contributed by atoms with Crippen LogP contribution in [0.3, 0.4) is 0 Å². The van der Waals surface area contributed by atoms with Crippen molar-refractivity contribution in [1.29, 1.82) is 0 Å². The molecular weight excluding hydrogens is 354 g/mol. The fourth-order valence-electron chi connectivity index (χ4n) is 4.72. The molecule has 0 aliphatic carbocycles.